The maximum atomic E-state index is 13.6. The fourth-order valence-corrected chi connectivity index (χ4v) is 5.76. The predicted molar refractivity (Wildman–Crippen MR) is 138 cm³/mol. The molecular weight excluding hydrogens is 472 g/mol. The number of para-hydroxylation sites is 1. The van der Waals surface area contributed by atoms with Gasteiger partial charge in [-0.1, -0.05) is 49.2 Å². The average molecular weight is 501 g/mol. The van der Waals surface area contributed by atoms with Gasteiger partial charge < -0.3 is 15.1 Å². The predicted octanol–water partition coefficient (Wildman–Crippen LogP) is 2.77. The summed E-state index contributed by atoms with van der Waals surface area (Å²) in [5, 5.41) is 6.52. The van der Waals surface area contributed by atoms with E-state index in [0.717, 1.165) is 48.7 Å². The van der Waals surface area contributed by atoms with Crippen LogP contribution in [0.1, 0.15) is 49.3 Å². The van der Waals surface area contributed by atoms with E-state index >= 15 is 0 Å². The van der Waals surface area contributed by atoms with E-state index in [0.29, 0.717) is 11.0 Å². The lowest BCUT2D eigenvalue weighted by Gasteiger charge is -2.16. The number of furan rings is 1. The summed E-state index contributed by atoms with van der Waals surface area (Å²) >= 11 is 0. The highest BCUT2D eigenvalue weighted by atomic mass is 16.3. The summed E-state index contributed by atoms with van der Waals surface area (Å²) in [5.41, 5.74) is 1.53. The molecule has 0 spiro atoms. The molecule has 37 heavy (non-hydrogen) atoms. The molecule has 0 saturated heterocycles. The topological polar surface area (TPSA) is 115 Å². The first kappa shape index (κ1) is 23.3. The van der Waals surface area contributed by atoms with Crippen molar-refractivity contribution < 1.29 is 14.0 Å². The summed E-state index contributed by atoms with van der Waals surface area (Å²) < 4.78 is 7.96. The van der Waals surface area contributed by atoms with Crippen molar-refractivity contribution in [2.24, 2.45) is 0 Å². The molecule has 0 radical (unpaired) electrons. The zero-order chi connectivity index (χ0) is 25.5. The molecule has 2 aromatic heterocycles. The molecule has 9 nitrogen and oxygen atoms in total. The van der Waals surface area contributed by atoms with Gasteiger partial charge >= 0.3 is 5.69 Å². The number of carbonyl (C=O) groups is 2. The summed E-state index contributed by atoms with van der Waals surface area (Å²) in [7, 11) is 0. The van der Waals surface area contributed by atoms with Gasteiger partial charge in [0.15, 0.2) is 0 Å². The highest BCUT2D eigenvalue weighted by Crippen LogP contribution is 2.31. The van der Waals surface area contributed by atoms with Crippen LogP contribution in [0.25, 0.3) is 22.1 Å². The number of carbonyl (C=O) groups excluding carboxylic acids is 2. The van der Waals surface area contributed by atoms with Crippen LogP contribution in [-0.2, 0) is 29.1 Å². The van der Waals surface area contributed by atoms with Gasteiger partial charge in [0, 0.05) is 11.4 Å². The molecule has 2 heterocycles. The van der Waals surface area contributed by atoms with E-state index in [1.807, 2.05) is 18.2 Å². The maximum Gasteiger partial charge on any atom is 0.332 e. The van der Waals surface area contributed by atoms with Crippen LogP contribution in [0.4, 0.5) is 0 Å². The van der Waals surface area contributed by atoms with Gasteiger partial charge in [-0.15, -0.1) is 0 Å². The van der Waals surface area contributed by atoms with E-state index < -0.39 is 23.7 Å². The van der Waals surface area contributed by atoms with Crippen LogP contribution in [0.3, 0.4) is 0 Å². The Bertz CT molecular complexity index is 1640. The van der Waals surface area contributed by atoms with Gasteiger partial charge in [0.2, 0.25) is 17.4 Å². The van der Waals surface area contributed by atoms with Gasteiger partial charge in [0.25, 0.3) is 5.56 Å². The fraction of sp³-hybridized carbons (Fsp3) is 0.357. The fourth-order valence-electron chi connectivity index (χ4n) is 5.76. The number of fused-ring (bicyclic) bond motifs is 4. The lowest BCUT2D eigenvalue weighted by Crippen LogP contribution is -2.46. The van der Waals surface area contributed by atoms with E-state index in [9.17, 15) is 19.2 Å². The lowest BCUT2D eigenvalue weighted by molar-refractivity contribution is -0.122. The van der Waals surface area contributed by atoms with E-state index in [2.05, 4.69) is 16.7 Å². The van der Waals surface area contributed by atoms with Crippen molar-refractivity contribution in [2.75, 3.05) is 0 Å². The van der Waals surface area contributed by atoms with E-state index in [-0.39, 0.29) is 35.6 Å². The molecule has 1 unspecified atom stereocenters. The van der Waals surface area contributed by atoms with Crippen molar-refractivity contribution in [3.8, 4) is 0 Å². The van der Waals surface area contributed by atoms with Crippen molar-refractivity contribution in [1.82, 2.24) is 19.8 Å². The van der Waals surface area contributed by atoms with Crippen molar-refractivity contribution in [3.05, 3.63) is 80.5 Å². The van der Waals surface area contributed by atoms with Crippen molar-refractivity contribution in [1.29, 1.82) is 0 Å². The number of hydrogen-bond acceptors (Lipinski definition) is 5. The number of hydrogen-bond donors (Lipinski definition) is 2. The molecule has 2 aliphatic rings. The number of nitrogens with zero attached hydrogens (tertiary/aromatic N) is 2. The molecule has 4 aromatic rings. The number of benzene rings is 2. The summed E-state index contributed by atoms with van der Waals surface area (Å²) in [6.07, 6.45) is 5.52. The quantitative estimate of drug-likeness (QED) is 0.423. The Balaban J connectivity index is 1.37. The second-order valence-corrected chi connectivity index (χ2v) is 9.94. The largest absolute Gasteiger partial charge is 0.449 e. The minimum absolute atomic E-state index is 0.0477. The molecule has 6 rings (SSSR count). The Kier molecular flexibility index (Phi) is 5.90. The molecule has 2 amide bonds. The van der Waals surface area contributed by atoms with Crippen LogP contribution in [0.5, 0.6) is 0 Å². The summed E-state index contributed by atoms with van der Waals surface area (Å²) in [6.45, 7) is -0.735. The van der Waals surface area contributed by atoms with E-state index in [4.69, 9.17) is 4.42 Å². The third kappa shape index (κ3) is 4.24. The van der Waals surface area contributed by atoms with E-state index in [1.54, 1.807) is 24.3 Å². The number of amides is 2. The SMILES string of the molecule is O=C(Cn1c(=O)c2oc3ccccc3c2n(CC(=O)NC2CCc3ccccc32)c1=O)NC1CCCC1. The maximum absolute atomic E-state index is 13.6. The second kappa shape index (κ2) is 9.38. The summed E-state index contributed by atoms with van der Waals surface area (Å²) in [4.78, 5) is 52.9. The van der Waals surface area contributed by atoms with Gasteiger partial charge in [-0.2, -0.15) is 0 Å². The van der Waals surface area contributed by atoms with Gasteiger partial charge in [-0.3, -0.25) is 19.0 Å². The minimum atomic E-state index is -0.715. The Labute approximate surface area is 212 Å². The highest BCUT2D eigenvalue weighted by molar-refractivity contribution is 6.02. The van der Waals surface area contributed by atoms with Crippen LogP contribution in [0.15, 0.2) is 62.5 Å². The normalized spacial score (nSPS) is 17.4. The van der Waals surface area contributed by atoms with Crippen LogP contribution < -0.4 is 21.9 Å². The minimum Gasteiger partial charge on any atom is -0.449 e. The molecule has 2 aliphatic carbocycles. The first-order valence-corrected chi connectivity index (χ1v) is 12.8. The molecule has 0 bridgehead atoms. The smallest absolute Gasteiger partial charge is 0.332 e. The standard InChI is InChI=1S/C28H28N4O5/c33-23(29-18-8-2-3-9-18)16-32-27(35)26-25(20-11-5-6-12-22(20)37-26)31(28(32)36)15-24(34)30-21-14-13-17-7-1-4-10-19(17)21/h1,4-7,10-12,18,21H,2-3,8-9,13-16H2,(H,29,33)(H,30,34). The van der Waals surface area contributed by atoms with Gasteiger partial charge in [0.05, 0.1) is 6.04 Å². The van der Waals surface area contributed by atoms with Crippen LogP contribution in [0, 0.1) is 0 Å². The Morgan fingerprint density at radius 3 is 2.41 bits per heavy atom. The first-order chi connectivity index (χ1) is 18.0. The molecule has 0 aliphatic heterocycles. The number of rotatable bonds is 6. The lowest BCUT2D eigenvalue weighted by atomic mass is 10.1. The zero-order valence-corrected chi connectivity index (χ0v) is 20.4. The van der Waals surface area contributed by atoms with Gasteiger partial charge in [-0.25, -0.2) is 9.36 Å². The molecule has 9 heteroatoms. The second-order valence-electron chi connectivity index (χ2n) is 9.94. The molecule has 1 saturated carbocycles. The Morgan fingerprint density at radius 2 is 1.57 bits per heavy atom. The third-order valence-corrected chi connectivity index (χ3v) is 7.53. The summed E-state index contributed by atoms with van der Waals surface area (Å²) in [6, 6.07) is 14.9. The molecule has 190 valence electrons. The average Bonchev–Trinajstić information content (AvgIpc) is 3.64. The summed E-state index contributed by atoms with van der Waals surface area (Å²) in [5.74, 6) is -0.754. The zero-order valence-electron chi connectivity index (χ0n) is 20.4. The van der Waals surface area contributed by atoms with Gasteiger partial charge in [0.1, 0.15) is 24.2 Å². The van der Waals surface area contributed by atoms with Crippen molar-refractivity contribution in [2.45, 2.75) is 63.7 Å². The van der Waals surface area contributed by atoms with Crippen LogP contribution >= 0.6 is 0 Å². The molecule has 2 aromatic carbocycles. The van der Waals surface area contributed by atoms with Crippen molar-refractivity contribution >= 4 is 33.9 Å². The molecule has 2 N–H and O–H groups in total. The molecular formula is C28H28N4O5. The number of aryl methyl sites for hydroxylation is 1. The highest BCUT2D eigenvalue weighted by Gasteiger charge is 2.26. The molecule has 1 atom stereocenters. The van der Waals surface area contributed by atoms with Crippen molar-refractivity contribution in [3.63, 3.8) is 0 Å². The van der Waals surface area contributed by atoms with E-state index in [1.165, 1.54) is 10.1 Å². The number of aromatic nitrogens is 2. The number of nitrogens with one attached hydrogen (secondary N) is 2. The third-order valence-electron chi connectivity index (χ3n) is 7.53. The van der Waals surface area contributed by atoms with Gasteiger partial charge in [-0.05, 0) is 48.9 Å². The monoisotopic (exact) mass is 500 g/mol. The Morgan fingerprint density at radius 1 is 0.865 bits per heavy atom. The van der Waals surface area contributed by atoms with Crippen LogP contribution in [-0.4, -0.2) is 27.0 Å². The van der Waals surface area contributed by atoms with Crippen LogP contribution in [0.2, 0.25) is 0 Å². The molecule has 1 fully saturated rings. The Hall–Kier alpha value is -4.14. The first-order valence-electron chi connectivity index (χ1n) is 12.8.